The molecule has 1 heterocycles. The van der Waals surface area contributed by atoms with E-state index >= 15 is 0 Å². The number of aliphatic hydroxyl groups is 1. The molecule has 0 aliphatic heterocycles. The van der Waals surface area contributed by atoms with Crippen molar-refractivity contribution in [1.29, 1.82) is 0 Å². The molecule has 2 aromatic rings. The van der Waals surface area contributed by atoms with E-state index in [1.165, 1.54) is 0 Å². The lowest BCUT2D eigenvalue weighted by Crippen LogP contribution is -2.11. The molecule has 1 aromatic carbocycles. The second-order valence-corrected chi connectivity index (χ2v) is 5.30. The van der Waals surface area contributed by atoms with Crippen molar-refractivity contribution in [3.8, 4) is 0 Å². The molecule has 4 heteroatoms. The Bertz CT molecular complexity index is 536. The Kier molecular flexibility index (Phi) is 4.19. The van der Waals surface area contributed by atoms with Crippen molar-refractivity contribution in [3.05, 3.63) is 51.8 Å². The molecule has 96 valence electrons. The summed E-state index contributed by atoms with van der Waals surface area (Å²) in [6.07, 6.45) is 2.12. The molecule has 2 rings (SSSR count). The normalized spacial score (nSPS) is 12.7. The summed E-state index contributed by atoms with van der Waals surface area (Å²) in [4.78, 5) is 0. The zero-order valence-electron chi connectivity index (χ0n) is 10.6. The van der Waals surface area contributed by atoms with Crippen LogP contribution in [0.1, 0.15) is 36.3 Å². The fraction of sp³-hybridized carbons (Fsp3) is 0.357. The predicted molar refractivity (Wildman–Crippen MR) is 75.5 cm³/mol. The summed E-state index contributed by atoms with van der Waals surface area (Å²) in [5, 5.41) is 14.7. The Morgan fingerprint density at radius 2 is 2.17 bits per heavy atom. The molecule has 1 atom stereocenters. The van der Waals surface area contributed by atoms with Crippen molar-refractivity contribution < 1.29 is 5.11 Å². The van der Waals surface area contributed by atoms with Crippen LogP contribution in [0.15, 0.2) is 34.9 Å². The van der Waals surface area contributed by atoms with Gasteiger partial charge in [-0.15, -0.1) is 0 Å². The number of aliphatic hydroxyl groups excluding tert-OH is 1. The van der Waals surface area contributed by atoms with Gasteiger partial charge in [0.2, 0.25) is 0 Å². The van der Waals surface area contributed by atoms with Crippen LogP contribution in [0.4, 0.5) is 0 Å². The summed E-state index contributed by atoms with van der Waals surface area (Å²) in [5.74, 6) is 0. The molecule has 0 bridgehead atoms. The van der Waals surface area contributed by atoms with Gasteiger partial charge < -0.3 is 5.11 Å². The van der Waals surface area contributed by atoms with Gasteiger partial charge in [-0.25, -0.2) is 0 Å². The highest BCUT2D eigenvalue weighted by atomic mass is 79.9. The summed E-state index contributed by atoms with van der Waals surface area (Å²) < 4.78 is 2.89. The maximum atomic E-state index is 10.5. The van der Waals surface area contributed by atoms with Gasteiger partial charge in [-0.3, -0.25) is 4.68 Å². The molecule has 0 fully saturated rings. The van der Waals surface area contributed by atoms with Crippen molar-refractivity contribution in [2.75, 3.05) is 0 Å². The van der Waals surface area contributed by atoms with E-state index < -0.39 is 6.10 Å². The van der Waals surface area contributed by atoms with Gasteiger partial charge in [-0.2, -0.15) is 5.10 Å². The van der Waals surface area contributed by atoms with Crippen molar-refractivity contribution >= 4 is 15.9 Å². The first-order valence-electron chi connectivity index (χ1n) is 6.09. The lowest BCUT2D eigenvalue weighted by molar-refractivity contribution is 0.206. The summed E-state index contributed by atoms with van der Waals surface area (Å²) in [6, 6.07) is 7.79. The van der Waals surface area contributed by atoms with E-state index in [1.807, 2.05) is 35.9 Å². The zero-order chi connectivity index (χ0) is 13.1. The fourth-order valence-corrected chi connectivity index (χ4v) is 2.55. The van der Waals surface area contributed by atoms with Crippen LogP contribution in [0.5, 0.6) is 0 Å². The Labute approximate surface area is 116 Å². The van der Waals surface area contributed by atoms with Crippen LogP contribution in [0.25, 0.3) is 0 Å². The number of aromatic nitrogens is 2. The third-order valence-electron chi connectivity index (χ3n) is 2.99. The quantitative estimate of drug-likeness (QED) is 0.939. The highest BCUT2D eigenvalue weighted by Crippen LogP contribution is 2.26. The largest absolute Gasteiger partial charge is 0.382 e. The first-order valence-corrected chi connectivity index (χ1v) is 6.88. The van der Waals surface area contributed by atoms with Crippen LogP contribution in [0.3, 0.4) is 0 Å². The number of nitrogens with zero attached hydrogens (tertiary/aromatic N) is 2. The van der Waals surface area contributed by atoms with Crippen molar-refractivity contribution in [3.63, 3.8) is 0 Å². The molecular weight excluding hydrogens is 292 g/mol. The van der Waals surface area contributed by atoms with Crippen LogP contribution < -0.4 is 0 Å². The Morgan fingerprint density at radius 3 is 2.83 bits per heavy atom. The topological polar surface area (TPSA) is 38.0 Å². The number of benzene rings is 1. The van der Waals surface area contributed by atoms with Gasteiger partial charge in [-0.1, -0.05) is 28.9 Å². The summed E-state index contributed by atoms with van der Waals surface area (Å²) >= 11 is 3.43. The van der Waals surface area contributed by atoms with E-state index in [1.54, 1.807) is 6.20 Å². The van der Waals surface area contributed by atoms with E-state index in [0.717, 1.165) is 34.3 Å². The third-order valence-corrected chi connectivity index (χ3v) is 3.48. The lowest BCUT2D eigenvalue weighted by atomic mass is 10.0. The van der Waals surface area contributed by atoms with Crippen molar-refractivity contribution in [1.82, 2.24) is 9.78 Å². The second-order valence-electron chi connectivity index (χ2n) is 4.38. The Morgan fingerprint density at radius 1 is 1.39 bits per heavy atom. The minimum Gasteiger partial charge on any atom is -0.382 e. The number of hydrogen-bond donors (Lipinski definition) is 1. The monoisotopic (exact) mass is 308 g/mol. The standard InChI is InChI=1S/C14H17BrN2O/c1-3-8-17-13(6-7-16-17)14(18)12-5-4-11(15)9-10(12)2/h4-7,9,14,18H,3,8H2,1-2H3. The summed E-state index contributed by atoms with van der Waals surface area (Å²) in [5.41, 5.74) is 2.85. The SMILES string of the molecule is CCCn1nccc1C(O)c1ccc(Br)cc1C. The van der Waals surface area contributed by atoms with Gasteiger partial charge in [-0.05, 0) is 42.7 Å². The Balaban J connectivity index is 2.35. The molecule has 0 saturated heterocycles. The maximum absolute atomic E-state index is 10.5. The fourth-order valence-electron chi connectivity index (χ4n) is 2.08. The molecule has 0 amide bonds. The lowest BCUT2D eigenvalue weighted by Gasteiger charge is -2.15. The van der Waals surface area contributed by atoms with E-state index in [2.05, 4.69) is 28.0 Å². The average Bonchev–Trinajstić information content (AvgIpc) is 2.77. The van der Waals surface area contributed by atoms with E-state index in [0.29, 0.717) is 0 Å². The minimum absolute atomic E-state index is 0.618. The maximum Gasteiger partial charge on any atom is 0.121 e. The number of rotatable bonds is 4. The molecule has 1 aromatic heterocycles. The molecule has 0 aliphatic carbocycles. The van der Waals surface area contributed by atoms with E-state index in [9.17, 15) is 5.11 Å². The van der Waals surface area contributed by atoms with E-state index in [-0.39, 0.29) is 0 Å². The smallest absolute Gasteiger partial charge is 0.121 e. The number of aryl methyl sites for hydroxylation is 2. The first kappa shape index (κ1) is 13.3. The average molecular weight is 309 g/mol. The number of halogens is 1. The minimum atomic E-state index is -0.618. The molecule has 0 spiro atoms. The van der Waals surface area contributed by atoms with Crippen LogP contribution in [0, 0.1) is 6.92 Å². The van der Waals surface area contributed by atoms with Crippen LogP contribution in [-0.4, -0.2) is 14.9 Å². The van der Waals surface area contributed by atoms with Crippen LogP contribution in [-0.2, 0) is 6.54 Å². The van der Waals surface area contributed by atoms with Gasteiger partial charge >= 0.3 is 0 Å². The number of hydrogen-bond acceptors (Lipinski definition) is 2. The molecule has 1 N–H and O–H groups in total. The molecule has 1 unspecified atom stereocenters. The molecule has 0 radical (unpaired) electrons. The van der Waals surface area contributed by atoms with Gasteiger partial charge in [0.1, 0.15) is 6.10 Å². The van der Waals surface area contributed by atoms with Gasteiger partial charge in [0.05, 0.1) is 5.69 Å². The predicted octanol–water partition coefficient (Wildman–Crippen LogP) is 3.45. The molecule has 18 heavy (non-hydrogen) atoms. The molecule has 0 aliphatic rings. The third kappa shape index (κ3) is 2.65. The highest BCUT2D eigenvalue weighted by Gasteiger charge is 2.16. The van der Waals surface area contributed by atoms with E-state index in [4.69, 9.17) is 0 Å². The van der Waals surface area contributed by atoms with Gasteiger partial charge in [0, 0.05) is 17.2 Å². The van der Waals surface area contributed by atoms with Gasteiger partial charge in [0.25, 0.3) is 0 Å². The molecule has 3 nitrogen and oxygen atoms in total. The van der Waals surface area contributed by atoms with Crippen molar-refractivity contribution in [2.45, 2.75) is 32.9 Å². The second kappa shape index (κ2) is 5.67. The Hall–Kier alpha value is -1.13. The van der Waals surface area contributed by atoms with Crippen LogP contribution >= 0.6 is 15.9 Å². The van der Waals surface area contributed by atoms with Crippen molar-refractivity contribution in [2.24, 2.45) is 0 Å². The van der Waals surface area contributed by atoms with Gasteiger partial charge in [0.15, 0.2) is 0 Å². The zero-order valence-corrected chi connectivity index (χ0v) is 12.2. The first-order chi connectivity index (χ1) is 8.63. The molecule has 0 saturated carbocycles. The highest BCUT2D eigenvalue weighted by molar-refractivity contribution is 9.10. The molecular formula is C14H17BrN2O. The summed E-state index contributed by atoms with van der Waals surface area (Å²) in [7, 11) is 0. The summed E-state index contributed by atoms with van der Waals surface area (Å²) in [6.45, 7) is 4.93. The van der Waals surface area contributed by atoms with Crippen LogP contribution in [0.2, 0.25) is 0 Å².